The molecule has 4 nitrogen and oxygen atoms in total. The van der Waals surface area contributed by atoms with Crippen LogP contribution in [0.2, 0.25) is 0 Å². The van der Waals surface area contributed by atoms with E-state index in [2.05, 4.69) is 0 Å². The van der Waals surface area contributed by atoms with Gasteiger partial charge in [-0.1, -0.05) is 0 Å². The molecule has 1 aliphatic rings. The van der Waals surface area contributed by atoms with Gasteiger partial charge in [0.1, 0.15) is 0 Å². The van der Waals surface area contributed by atoms with Crippen molar-refractivity contribution < 1.29 is 12.6 Å². The van der Waals surface area contributed by atoms with Gasteiger partial charge in [0.15, 0.2) is 0 Å². The Hall–Kier alpha value is -0.130. The van der Waals surface area contributed by atoms with Gasteiger partial charge in [0, 0.05) is 6.04 Å². The van der Waals surface area contributed by atoms with Crippen molar-refractivity contribution in [2.75, 3.05) is 6.26 Å². The van der Waals surface area contributed by atoms with Crippen LogP contribution in [0.1, 0.15) is 25.7 Å². The summed E-state index contributed by atoms with van der Waals surface area (Å²) in [5.41, 5.74) is 7.39. The molecule has 12 heavy (non-hydrogen) atoms. The van der Waals surface area contributed by atoms with Gasteiger partial charge in [0.05, 0.1) is 12.4 Å². The van der Waals surface area contributed by atoms with Crippen LogP contribution in [0.3, 0.4) is 0 Å². The standard InChI is InChI=1S/C7H14NO3S/c1-12(9,10)11-7-4-2-6(8)3-5-7/h6-8H,2-5H2,1H3. The summed E-state index contributed by atoms with van der Waals surface area (Å²) in [6.45, 7) is 0. The molecule has 0 aromatic rings. The van der Waals surface area contributed by atoms with Crippen molar-refractivity contribution >= 4 is 10.1 Å². The zero-order valence-electron chi connectivity index (χ0n) is 7.12. The van der Waals surface area contributed by atoms with E-state index >= 15 is 0 Å². The van der Waals surface area contributed by atoms with Crippen LogP contribution in [0.5, 0.6) is 0 Å². The zero-order valence-corrected chi connectivity index (χ0v) is 7.93. The number of hydrogen-bond donors (Lipinski definition) is 0. The first-order valence-corrected chi connectivity index (χ1v) is 5.88. The van der Waals surface area contributed by atoms with E-state index in [0.29, 0.717) is 12.8 Å². The smallest absolute Gasteiger partial charge is 0.264 e. The summed E-state index contributed by atoms with van der Waals surface area (Å²) < 4.78 is 26.2. The molecule has 71 valence electrons. The molecule has 0 atom stereocenters. The van der Waals surface area contributed by atoms with Gasteiger partial charge in [-0.25, -0.2) is 0 Å². The summed E-state index contributed by atoms with van der Waals surface area (Å²) in [7, 11) is -3.30. The molecule has 0 bridgehead atoms. The number of hydrogen-bond acceptors (Lipinski definition) is 3. The van der Waals surface area contributed by atoms with Crippen LogP contribution in [-0.2, 0) is 14.3 Å². The third-order valence-electron chi connectivity index (χ3n) is 1.99. The van der Waals surface area contributed by atoms with Crippen molar-refractivity contribution in [2.45, 2.75) is 37.8 Å². The van der Waals surface area contributed by atoms with Crippen molar-refractivity contribution in [2.24, 2.45) is 0 Å². The average Bonchev–Trinajstić information content (AvgIpc) is 1.91. The fraction of sp³-hybridized carbons (Fsp3) is 1.00. The molecule has 0 aliphatic heterocycles. The van der Waals surface area contributed by atoms with Gasteiger partial charge in [-0.2, -0.15) is 8.42 Å². The van der Waals surface area contributed by atoms with Gasteiger partial charge in [-0.15, -0.1) is 0 Å². The summed E-state index contributed by atoms with van der Waals surface area (Å²) in [5.74, 6) is 0. The molecule has 0 heterocycles. The highest BCUT2D eigenvalue weighted by atomic mass is 32.2. The minimum absolute atomic E-state index is 0.0237. The first-order chi connectivity index (χ1) is 5.47. The van der Waals surface area contributed by atoms with Crippen molar-refractivity contribution in [1.29, 1.82) is 0 Å². The Labute approximate surface area is 73.2 Å². The molecule has 1 aliphatic carbocycles. The maximum Gasteiger partial charge on any atom is 0.264 e. The molecule has 1 N–H and O–H groups in total. The summed E-state index contributed by atoms with van der Waals surface area (Å²) in [4.78, 5) is 0. The lowest BCUT2D eigenvalue weighted by Crippen LogP contribution is -2.26. The number of nitrogens with one attached hydrogen (secondary N) is 1. The van der Waals surface area contributed by atoms with E-state index in [1.165, 1.54) is 0 Å². The van der Waals surface area contributed by atoms with Crippen molar-refractivity contribution in [3.63, 3.8) is 0 Å². The Bertz CT molecular complexity index is 229. The minimum atomic E-state index is -3.30. The maximum absolute atomic E-state index is 10.7. The molecule has 0 amide bonds. The van der Waals surface area contributed by atoms with E-state index in [1.807, 2.05) is 0 Å². The first kappa shape index (κ1) is 9.95. The molecular weight excluding hydrogens is 178 g/mol. The Kier molecular flexibility index (Phi) is 3.09. The molecule has 0 unspecified atom stereocenters. The summed E-state index contributed by atoms with van der Waals surface area (Å²) in [5, 5.41) is 0. The molecule has 1 rings (SSSR count). The molecule has 1 radical (unpaired) electrons. The highest BCUT2D eigenvalue weighted by Gasteiger charge is 2.22. The van der Waals surface area contributed by atoms with Crippen LogP contribution in [-0.4, -0.2) is 26.8 Å². The predicted molar refractivity (Wildman–Crippen MR) is 45.1 cm³/mol. The topological polar surface area (TPSA) is 67.2 Å². The Morgan fingerprint density at radius 1 is 1.25 bits per heavy atom. The quantitative estimate of drug-likeness (QED) is 0.600. The second-order valence-electron chi connectivity index (χ2n) is 3.27. The molecule has 0 spiro atoms. The van der Waals surface area contributed by atoms with Crippen LogP contribution < -0.4 is 5.73 Å². The highest BCUT2D eigenvalue weighted by Crippen LogP contribution is 2.21. The third-order valence-corrected chi connectivity index (χ3v) is 2.61. The Morgan fingerprint density at radius 3 is 2.17 bits per heavy atom. The molecule has 1 saturated carbocycles. The molecule has 0 aromatic carbocycles. The SMILES string of the molecule is CS(=O)(=O)OC1CCC([NH])CC1. The minimum Gasteiger partial charge on any atom is -0.267 e. The normalized spacial score (nSPS) is 31.8. The van der Waals surface area contributed by atoms with Crippen molar-refractivity contribution in [3.05, 3.63) is 0 Å². The Balaban J connectivity index is 2.36. The van der Waals surface area contributed by atoms with E-state index < -0.39 is 10.1 Å². The maximum atomic E-state index is 10.7. The van der Waals surface area contributed by atoms with Gasteiger partial charge < -0.3 is 0 Å². The lowest BCUT2D eigenvalue weighted by atomic mass is 9.94. The average molecular weight is 192 g/mol. The van der Waals surface area contributed by atoms with Crippen LogP contribution in [0.25, 0.3) is 0 Å². The second-order valence-corrected chi connectivity index (χ2v) is 4.87. The largest absolute Gasteiger partial charge is 0.267 e. The van der Waals surface area contributed by atoms with Gasteiger partial charge in [-0.3, -0.25) is 9.92 Å². The van der Waals surface area contributed by atoms with Gasteiger partial charge in [0.25, 0.3) is 10.1 Å². The van der Waals surface area contributed by atoms with Crippen LogP contribution in [0.15, 0.2) is 0 Å². The van der Waals surface area contributed by atoms with Gasteiger partial charge >= 0.3 is 0 Å². The fourth-order valence-corrected chi connectivity index (χ4v) is 2.09. The van der Waals surface area contributed by atoms with Crippen LogP contribution in [0.4, 0.5) is 0 Å². The molecule has 0 saturated heterocycles. The predicted octanol–water partition coefficient (Wildman–Crippen LogP) is 0.557. The van der Waals surface area contributed by atoms with E-state index in [-0.39, 0.29) is 12.1 Å². The zero-order chi connectivity index (χ0) is 9.19. The van der Waals surface area contributed by atoms with E-state index in [9.17, 15) is 8.42 Å². The second kappa shape index (κ2) is 3.72. The third kappa shape index (κ3) is 3.51. The van der Waals surface area contributed by atoms with Crippen LogP contribution >= 0.6 is 0 Å². The number of rotatable bonds is 2. The fourth-order valence-electron chi connectivity index (χ4n) is 1.41. The van der Waals surface area contributed by atoms with Crippen LogP contribution in [0, 0.1) is 0 Å². The van der Waals surface area contributed by atoms with E-state index in [4.69, 9.17) is 9.92 Å². The summed E-state index contributed by atoms with van der Waals surface area (Å²) >= 11 is 0. The van der Waals surface area contributed by atoms with Crippen molar-refractivity contribution in [3.8, 4) is 0 Å². The van der Waals surface area contributed by atoms with E-state index in [1.54, 1.807) is 0 Å². The highest BCUT2D eigenvalue weighted by molar-refractivity contribution is 7.86. The first-order valence-electron chi connectivity index (χ1n) is 4.07. The molecule has 5 heteroatoms. The summed E-state index contributed by atoms with van der Waals surface area (Å²) in [6.07, 6.45) is 3.78. The molecular formula is C7H14NO3S. The lowest BCUT2D eigenvalue weighted by molar-refractivity contribution is 0.154. The monoisotopic (exact) mass is 192 g/mol. The van der Waals surface area contributed by atoms with E-state index in [0.717, 1.165) is 19.1 Å². The lowest BCUT2D eigenvalue weighted by Gasteiger charge is -2.24. The van der Waals surface area contributed by atoms with Gasteiger partial charge in [0.2, 0.25) is 0 Å². The van der Waals surface area contributed by atoms with Gasteiger partial charge in [-0.05, 0) is 25.7 Å². The molecule has 1 fully saturated rings. The Morgan fingerprint density at radius 2 is 1.75 bits per heavy atom. The molecule has 0 aromatic heterocycles. The summed E-state index contributed by atoms with van der Waals surface area (Å²) in [6, 6.07) is -0.0237. The van der Waals surface area contributed by atoms with Crippen molar-refractivity contribution in [1.82, 2.24) is 5.73 Å².